The van der Waals surface area contributed by atoms with Crippen molar-refractivity contribution in [1.82, 2.24) is 24.5 Å². The summed E-state index contributed by atoms with van der Waals surface area (Å²) in [6.07, 6.45) is 1.83. The molecule has 214 valence electrons. The van der Waals surface area contributed by atoms with Crippen molar-refractivity contribution in [3.05, 3.63) is 140 Å². The standard InChI is InChI=1S/C40H23N5O/c1-2-9-25(10-3-1)39-43-36(26-17-20-34-31(23-26)28-12-5-7-15-33(28)46-34)30-19-16-24-18-21-35(42-37(24)38(30)44-39)45-32-14-6-4-11-27(32)29-13-8-22-41-40(29)45/h1-23H. The molecule has 5 aromatic heterocycles. The summed E-state index contributed by atoms with van der Waals surface area (Å²) >= 11 is 0. The van der Waals surface area contributed by atoms with Crippen LogP contribution in [-0.4, -0.2) is 24.5 Å². The summed E-state index contributed by atoms with van der Waals surface area (Å²) in [5.41, 5.74) is 8.05. The van der Waals surface area contributed by atoms with E-state index in [1.165, 1.54) is 0 Å². The Labute approximate surface area is 262 Å². The molecule has 6 nitrogen and oxygen atoms in total. The summed E-state index contributed by atoms with van der Waals surface area (Å²) in [6, 6.07) is 45.4. The van der Waals surface area contributed by atoms with Crippen LogP contribution in [0, 0.1) is 0 Å². The van der Waals surface area contributed by atoms with Gasteiger partial charge < -0.3 is 4.42 Å². The van der Waals surface area contributed by atoms with Gasteiger partial charge in [0.2, 0.25) is 0 Å². The SMILES string of the molecule is c1ccc(-c2nc(-c3ccc4oc5ccccc5c4c3)c3ccc4ccc(-n5c6ccccc6c6cccnc65)nc4c3n2)cc1. The minimum Gasteiger partial charge on any atom is -0.456 e. The fraction of sp³-hybridized carbons (Fsp3) is 0. The molecular weight excluding hydrogens is 566 g/mol. The summed E-state index contributed by atoms with van der Waals surface area (Å²) in [5, 5.41) is 6.31. The van der Waals surface area contributed by atoms with Crippen molar-refractivity contribution in [2.75, 3.05) is 0 Å². The van der Waals surface area contributed by atoms with Gasteiger partial charge in [0.15, 0.2) is 5.82 Å². The number of pyridine rings is 2. The number of fused-ring (bicyclic) bond motifs is 9. The van der Waals surface area contributed by atoms with E-state index < -0.39 is 0 Å². The Bertz CT molecular complexity index is 2760. The van der Waals surface area contributed by atoms with E-state index in [0.717, 1.165) is 88.3 Å². The number of furan rings is 1. The van der Waals surface area contributed by atoms with Gasteiger partial charge >= 0.3 is 0 Å². The summed E-state index contributed by atoms with van der Waals surface area (Å²) in [5.74, 6) is 1.44. The highest BCUT2D eigenvalue weighted by atomic mass is 16.3. The van der Waals surface area contributed by atoms with Crippen molar-refractivity contribution in [3.63, 3.8) is 0 Å². The first-order chi connectivity index (χ1) is 22.8. The Morgan fingerprint density at radius 1 is 0.500 bits per heavy atom. The topological polar surface area (TPSA) is 69.6 Å². The van der Waals surface area contributed by atoms with E-state index in [-0.39, 0.29) is 0 Å². The molecule has 0 radical (unpaired) electrons. The third kappa shape index (κ3) is 3.64. The molecule has 10 aromatic rings. The monoisotopic (exact) mass is 589 g/mol. The Hall–Kier alpha value is -6.40. The molecular formula is C40H23N5O. The molecule has 0 amide bonds. The number of aromatic nitrogens is 5. The first-order valence-electron chi connectivity index (χ1n) is 15.2. The molecule has 0 saturated carbocycles. The molecule has 0 bridgehead atoms. The lowest BCUT2D eigenvalue weighted by molar-refractivity contribution is 0.669. The lowest BCUT2D eigenvalue weighted by atomic mass is 10.0. The normalized spacial score (nSPS) is 11.9. The second kappa shape index (κ2) is 9.55. The molecule has 0 aliphatic carbocycles. The third-order valence-corrected chi connectivity index (χ3v) is 8.86. The predicted molar refractivity (Wildman–Crippen MR) is 185 cm³/mol. The number of hydrogen-bond donors (Lipinski definition) is 0. The molecule has 5 aromatic carbocycles. The zero-order chi connectivity index (χ0) is 30.2. The van der Waals surface area contributed by atoms with Crippen molar-refractivity contribution in [1.29, 1.82) is 0 Å². The van der Waals surface area contributed by atoms with Gasteiger partial charge in [-0.3, -0.25) is 4.57 Å². The van der Waals surface area contributed by atoms with Gasteiger partial charge in [-0.1, -0.05) is 72.8 Å². The van der Waals surface area contributed by atoms with Crippen molar-refractivity contribution in [3.8, 4) is 28.5 Å². The smallest absolute Gasteiger partial charge is 0.160 e. The quantitative estimate of drug-likeness (QED) is 0.192. The van der Waals surface area contributed by atoms with Gasteiger partial charge in [0.25, 0.3) is 0 Å². The second-order valence-electron chi connectivity index (χ2n) is 11.5. The van der Waals surface area contributed by atoms with Gasteiger partial charge in [0.1, 0.15) is 28.1 Å². The molecule has 0 aliphatic heterocycles. The molecule has 0 atom stereocenters. The van der Waals surface area contributed by atoms with Crippen LogP contribution in [-0.2, 0) is 0 Å². The Morgan fingerprint density at radius 3 is 2.22 bits per heavy atom. The number of benzene rings is 5. The van der Waals surface area contributed by atoms with Gasteiger partial charge in [-0.2, -0.15) is 0 Å². The summed E-state index contributed by atoms with van der Waals surface area (Å²) in [4.78, 5) is 20.5. The van der Waals surface area contributed by atoms with Crippen LogP contribution in [0.15, 0.2) is 144 Å². The maximum Gasteiger partial charge on any atom is 0.160 e. The summed E-state index contributed by atoms with van der Waals surface area (Å²) in [7, 11) is 0. The Kier molecular flexibility index (Phi) is 5.19. The summed E-state index contributed by atoms with van der Waals surface area (Å²) < 4.78 is 8.28. The van der Waals surface area contributed by atoms with Crippen molar-refractivity contribution >= 4 is 65.7 Å². The van der Waals surface area contributed by atoms with E-state index >= 15 is 0 Å². The number of rotatable bonds is 3. The van der Waals surface area contributed by atoms with Crippen molar-refractivity contribution in [2.45, 2.75) is 0 Å². The molecule has 0 saturated heterocycles. The second-order valence-corrected chi connectivity index (χ2v) is 11.5. The highest BCUT2D eigenvalue weighted by Gasteiger charge is 2.18. The average Bonchev–Trinajstić information content (AvgIpc) is 3.67. The number of hydrogen-bond acceptors (Lipinski definition) is 5. The van der Waals surface area contributed by atoms with Crippen molar-refractivity contribution in [2.24, 2.45) is 0 Å². The molecule has 5 heterocycles. The van der Waals surface area contributed by atoms with E-state index in [2.05, 4.69) is 77.4 Å². The van der Waals surface area contributed by atoms with E-state index in [9.17, 15) is 0 Å². The lowest BCUT2D eigenvalue weighted by Gasteiger charge is -2.13. The molecule has 6 heteroatoms. The summed E-state index contributed by atoms with van der Waals surface area (Å²) in [6.45, 7) is 0. The minimum atomic E-state index is 0.651. The van der Waals surface area contributed by atoms with E-state index in [4.69, 9.17) is 24.4 Å². The zero-order valence-corrected chi connectivity index (χ0v) is 24.4. The lowest BCUT2D eigenvalue weighted by Crippen LogP contribution is -2.01. The highest BCUT2D eigenvalue weighted by molar-refractivity contribution is 6.11. The predicted octanol–water partition coefficient (Wildman–Crippen LogP) is 9.90. The van der Waals surface area contributed by atoms with Gasteiger partial charge in [0.05, 0.1) is 16.7 Å². The first kappa shape index (κ1) is 25.0. The highest BCUT2D eigenvalue weighted by Crippen LogP contribution is 2.37. The van der Waals surface area contributed by atoms with Crippen LogP contribution >= 0.6 is 0 Å². The molecule has 0 fully saturated rings. The third-order valence-electron chi connectivity index (χ3n) is 8.86. The number of para-hydroxylation sites is 2. The van der Waals surface area contributed by atoms with Crippen molar-refractivity contribution < 1.29 is 4.42 Å². The van der Waals surface area contributed by atoms with E-state index in [1.807, 2.05) is 66.9 Å². The van der Waals surface area contributed by atoms with Crippen LogP contribution in [0.2, 0.25) is 0 Å². The zero-order valence-electron chi connectivity index (χ0n) is 24.4. The van der Waals surface area contributed by atoms with E-state index in [0.29, 0.717) is 5.82 Å². The van der Waals surface area contributed by atoms with Crippen LogP contribution < -0.4 is 0 Å². The Morgan fingerprint density at radius 2 is 1.28 bits per heavy atom. The molecule has 0 unspecified atom stereocenters. The minimum absolute atomic E-state index is 0.651. The largest absolute Gasteiger partial charge is 0.456 e. The van der Waals surface area contributed by atoms with Crippen LogP contribution in [0.3, 0.4) is 0 Å². The van der Waals surface area contributed by atoms with Gasteiger partial charge in [-0.15, -0.1) is 0 Å². The molecule has 46 heavy (non-hydrogen) atoms. The average molecular weight is 590 g/mol. The molecule has 0 aliphatic rings. The van der Waals surface area contributed by atoms with Gasteiger partial charge in [0, 0.05) is 49.6 Å². The van der Waals surface area contributed by atoms with Gasteiger partial charge in [-0.25, -0.2) is 19.9 Å². The maximum absolute atomic E-state index is 6.14. The van der Waals surface area contributed by atoms with Crippen LogP contribution in [0.4, 0.5) is 0 Å². The fourth-order valence-electron chi connectivity index (χ4n) is 6.73. The Balaban J connectivity index is 1.28. The van der Waals surface area contributed by atoms with Crippen LogP contribution in [0.25, 0.3) is 94.1 Å². The fourth-order valence-corrected chi connectivity index (χ4v) is 6.73. The molecule has 0 spiro atoms. The van der Waals surface area contributed by atoms with Crippen LogP contribution in [0.1, 0.15) is 0 Å². The van der Waals surface area contributed by atoms with E-state index in [1.54, 1.807) is 0 Å². The number of nitrogens with zero attached hydrogens (tertiary/aromatic N) is 5. The maximum atomic E-state index is 6.14. The van der Waals surface area contributed by atoms with Crippen LogP contribution in [0.5, 0.6) is 0 Å². The van der Waals surface area contributed by atoms with Gasteiger partial charge in [-0.05, 0) is 60.7 Å². The first-order valence-corrected chi connectivity index (χ1v) is 15.2. The molecule has 10 rings (SSSR count). The molecule has 0 N–H and O–H groups in total.